The van der Waals surface area contributed by atoms with E-state index in [1.807, 2.05) is 83.2 Å². The molecule has 1 heteroatoms. The minimum Gasteiger partial charge on any atom is -0.253 e. The van der Waals surface area contributed by atoms with E-state index in [1.165, 1.54) is 0 Å². The van der Waals surface area contributed by atoms with Crippen LogP contribution < -0.4 is 0 Å². The van der Waals surface area contributed by atoms with Gasteiger partial charge in [-0.15, -0.1) is 0 Å². The van der Waals surface area contributed by atoms with Gasteiger partial charge in [-0.25, -0.2) is 0 Å². The Bertz CT molecular complexity index is 448. The van der Waals surface area contributed by atoms with Crippen LogP contribution in [-0.2, 0) is 0 Å². The number of allylic oxidation sites excluding steroid dienone is 5. The zero-order valence-corrected chi connectivity index (χ0v) is 12.7. The van der Waals surface area contributed by atoms with Gasteiger partial charge < -0.3 is 0 Å². The fourth-order valence-electron chi connectivity index (χ4n) is 1.44. The molecule has 0 heterocycles. The Morgan fingerprint density at radius 2 is 1.63 bits per heavy atom. The minimum atomic E-state index is 1.00. The quantitative estimate of drug-likeness (QED) is 0.486. The first-order valence-corrected chi connectivity index (χ1v) is 6.84. The zero-order valence-electron chi connectivity index (χ0n) is 12.7. The molecule has 1 rings (SSSR count). The molecule has 0 spiro atoms. The topological polar surface area (TPSA) is 12.4 Å². The summed E-state index contributed by atoms with van der Waals surface area (Å²) in [6, 6.07) is 10.2. The predicted octanol–water partition coefficient (Wildman–Crippen LogP) is 5.67. The molecule has 0 fully saturated rings. The van der Waals surface area contributed by atoms with Gasteiger partial charge in [0.05, 0.1) is 5.70 Å². The summed E-state index contributed by atoms with van der Waals surface area (Å²) < 4.78 is 0. The fourth-order valence-corrected chi connectivity index (χ4v) is 1.44. The van der Waals surface area contributed by atoms with Crippen LogP contribution in [0.4, 0.5) is 0 Å². The Balaban J connectivity index is 0.00000154. The largest absolute Gasteiger partial charge is 0.253 e. The van der Waals surface area contributed by atoms with Gasteiger partial charge >= 0.3 is 0 Å². The molecule has 0 aliphatic carbocycles. The molecule has 0 N–H and O–H groups in total. The molecule has 0 amide bonds. The number of hydrogen-bond acceptors (Lipinski definition) is 1. The van der Waals surface area contributed by atoms with Gasteiger partial charge in [-0.2, -0.15) is 0 Å². The highest BCUT2D eigenvalue weighted by Gasteiger charge is 1.96. The normalized spacial score (nSPS) is 12.7. The monoisotopic (exact) mass is 255 g/mol. The SMILES string of the molecule is CC.C\C=C(/N=C(C)\C=C/C=C/C)c1ccccc1. The Labute approximate surface area is 118 Å². The number of aliphatic imine (C=N–C) groups is 1. The van der Waals surface area contributed by atoms with E-state index in [4.69, 9.17) is 0 Å². The van der Waals surface area contributed by atoms with E-state index in [9.17, 15) is 0 Å². The van der Waals surface area contributed by atoms with Crippen molar-refractivity contribution in [1.29, 1.82) is 0 Å². The van der Waals surface area contributed by atoms with Crippen LogP contribution in [0.2, 0.25) is 0 Å². The standard InChI is InChI=1S/C16H19N.C2H6/c1-4-6-8-11-14(3)17-16(5-2)15-12-9-7-10-13-15;1-2/h4-13H,1-3H3;1-2H3/b6-4+,11-8-,16-5-,17-14-;. The Morgan fingerprint density at radius 3 is 2.16 bits per heavy atom. The summed E-state index contributed by atoms with van der Waals surface area (Å²) in [6.45, 7) is 10.0. The van der Waals surface area contributed by atoms with Crippen molar-refractivity contribution < 1.29 is 0 Å². The second-order valence-electron chi connectivity index (χ2n) is 3.68. The summed E-state index contributed by atoms with van der Waals surface area (Å²) in [5.41, 5.74) is 3.15. The van der Waals surface area contributed by atoms with E-state index in [0.717, 1.165) is 17.0 Å². The lowest BCUT2D eigenvalue weighted by Crippen LogP contribution is -1.87. The molecular formula is C18H25N. The summed E-state index contributed by atoms with van der Waals surface area (Å²) >= 11 is 0. The molecule has 102 valence electrons. The van der Waals surface area contributed by atoms with Crippen LogP contribution in [0.5, 0.6) is 0 Å². The van der Waals surface area contributed by atoms with E-state index < -0.39 is 0 Å². The summed E-state index contributed by atoms with van der Waals surface area (Å²) in [5, 5.41) is 0. The first-order valence-electron chi connectivity index (χ1n) is 6.84. The van der Waals surface area contributed by atoms with Gasteiger partial charge in [0.15, 0.2) is 0 Å². The van der Waals surface area contributed by atoms with Crippen molar-refractivity contribution in [2.75, 3.05) is 0 Å². The third kappa shape index (κ3) is 7.20. The molecule has 19 heavy (non-hydrogen) atoms. The number of rotatable bonds is 4. The lowest BCUT2D eigenvalue weighted by Gasteiger charge is -2.01. The van der Waals surface area contributed by atoms with Crippen molar-refractivity contribution in [2.45, 2.75) is 34.6 Å². The number of hydrogen-bond donors (Lipinski definition) is 0. The number of nitrogens with zero attached hydrogens (tertiary/aromatic N) is 1. The van der Waals surface area contributed by atoms with Crippen molar-refractivity contribution in [3.8, 4) is 0 Å². The molecule has 0 aliphatic heterocycles. The first kappa shape index (κ1) is 17.1. The molecular weight excluding hydrogens is 230 g/mol. The van der Waals surface area contributed by atoms with E-state index in [2.05, 4.69) is 17.1 Å². The molecule has 0 saturated carbocycles. The lowest BCUT2D eigenvalue weighted by atomic mass is 10.1. The molecule has 0 atom stereocenters. The fraction of sp³-hybridized carbons (Fsp3) is 0.278. The molecule has 0 radical (unpaired) electrons. The molecule has 0 unspecified atom stereocenters. The Hall–Kier alpha value is -1.89. The van der Waals surface area contributed by atoms with E-state index in [1.54, 1.807) is 0 Å². The van der Waals surface area contributed by atoms with Gasteiger partial charge in [0.1, 0.15) is 0 Å². The molecule has 1 aromatic rings. The summed E-state index contributed by atoms with van der Waals surface area (Å²) in [6.07, 6.45) is 10.0. The van der Waals surface area contributed by atoms with Crippen LogP contribution in [0.3, 0.4) is 0 Å². The first-order chi connectivity index (χ1) is 9.27. The molecule has 0 aliphatic rings. The average molecular weight is 255 g/mol. The van der Waals surface area contributed by atoms with Gasteiger partial charge in [0, 0.05) is 5.71 Å². The third-order valence-corrected chi connectivity index (χ3v) is 2.28. The maximum atomic E-state index is 4.59. The predicted molar refractivity (Wildman–Crippen MR) is 88.5 cm³/mol. The highest BCUT2D eigenvalue weighted by Crippen LogP contribution is 2.15. The minimum absolute atomic E-state index is 1.00. The van der Waals surface area contributed by atoms with Crippen LogP contribution in [0.25, 0.3) is 5.70 Å². The Morgan fingerprint density at radius 1 is 1.00 bits per heavy atom. The zero-order chi connectivity index (χ0) is 14.5. The molecule has 0 aromatic heterocycles. The molecule has 0 bridgehead atoms. The van der Waals surface area contributed by atoms with Crippen molar-refractivity contribution in [1.82, 2.24) is 0 Å². The summed E-state index contributed by atoms with van der Waals surface area (Å²) in [4.78, 5) is 4.59. The van der Waals surface area contributed by atoms with Gasteiger partial charge in [-0.05, 0) is 32.4 Å². The second kappa shape index (κ2) is 11.2. The average Bonchev–Trinajstić information content (AvgIpc) is 2.48. The maximum Gasteiger partial charge on any atom is 0.0662 e. The second-order valence-corrected chi connectivity index (χ2v) is 3.68. The highest BCUT2D eigenvalue weighted by atomic mass is 14.7. The van der Waals surface area contributed by atoms with E-state index >= 15 is 0 Å². The Kier molecular flexibility index (Phi) is 10.1. The van der Waals surface area contributed by atoms with Gasteiger partial charge in [-0.3, -0.25) is 4.99 Å². The van der Waals surface area contributed by atoms with Crippen LogP contribution in [-0.4, -0.2) is 5.71 Å². The van der Waals surface area contributed by atoms with Crippen LogP contribution >= 0.6 is 0 Å². The van der Waals surface area contributed by atoms with Crippen LogP contribution in [0.1, 0.15) is 40.2 Å². The molecule has 1 nitrogen and oxygen atoms in total. The van der Waals surface area contributed by atoms with Gasteiger partial charge in [0.25, 0.3) is 0 Å². The van der Waals surface area contributed by atoms with Crippen molar-refractivity contribution in [3.05, 3.63) is 66.3 Å². The highest BCUT2D eigenvalue weighted by molar-refractivity contribution is 5.96. The summed E-state index contributed by atoms with van der Waals surface area (Å²) in [7, 11) is 0. The van der Waals surface area contributed by atoms with Crippen LogP contribution in [0, 0.1) is 0 Å². The lowest BCUT2D eigenvalue weighted by molar-refractivity contribution is 1.47. The van der Waals surface area contributed by atoms with E-state index in [0.29, 0.717) is 0 Å². The third-order valence-electron chi connectivity index (χ3n) is 2.28. The van der Waals surface area contributed by atoms with Crippen molar-refractivity contribution in [3.63, 3.8) is 0 Å². The molecule has 1 aromatic carbocycles. The maximum absolute atomic E-state index is 4.59. The van der Waals surface area contributed by atoms with Crippen molar-refractivity contribution >= 4 is 11.4 Å². The van der Waals surface area contributed by atoms with Gasteiger partial charge in [-0.1, -0.05) is 68.5 Å². The molecule has 0 saturated heterocycles. The smallest absolute Gasteiger partial charge is 0.0662 e. The van der Waals surface area contributed by atoms with Gasteiger partial charge in [0.2, 0.25) is 0 Å². The van der Waals surface area contributed by atoms with Crippen molar-refractivity contribution in [2.24, 2.45) is 4.99 Å². The van der Waals surface area contributed by atoms with E-state index in [-0.39, 0.29) is 0 Å². The van der Waals surface area contributed by atoms with Crippen LogP contribution in [0.15, 0.2) is 65.7 Å². The number of benzene rings is 1. The summed E-state index contributed by atoms with van der Waals surface area (Å²) in [5.74, 6) is 0.